The second-order valence-electron chi connectivity index (χ2n) is 6.22. The monoisotopic (exact) mass is 379 g/mol. The number of nitrogens with zero attached hydrogens (tertiary/aromatic N) is 4. The Morgan fingerprint density at radius 1 is 1.21 bits per heavy atom. The number of nitrogens with one attached hydrogen (secondary N) is 1. The summed E-state index contributed by atoms with van der Waals surface area (Å²) in [5.74, 6) is -0.0177. The highest BCUT2D eigenvalue weighted by Crippen LogP contribution is 2.27. The first-order valence-electron chi connectivity index (χ1n) is 8.64. The highest BCUT2D eigenvalue weighted by Gasteiger charge is 2.32. The maximum Gasteiger partial charge on any atom is 0.309 e. The zero-order valence-corrected chi connectivity index (χ0v) is 15.0. The zero-order chi connectivity index (χ0) is 19.5. The van der Waals surface area contributed by atoms with E-state index in [0.29, 0.717) is 23.9 Å². The molecule has 0 saturated heterocycles. The van der Waals surface area contributed by atoms with Gasteiger partial charge in [0.15, 0.2) is 11.6 Å². The third kappa shape index (κ3) is 3.54. The summed E-state index contributed by atoms with van der Waals surface area (Å²) >= 11 is 0. The van der Waals surface area contributed by atoms with E-state index in [1.807, 2.05) is 30.3 Å². The van der Waals surface area contributed by atoms with Gasteiger partial charge in [-0.2, -0.15) is 0 Å². The highest BCUT2D eigenvalue weighted by molar-refractivity contribution is 6.01. The molecule has 9 nitrogen and oxygen atoms in total. The Balaban J connectivity index is 1.45. The molecule has 3 aromatic rings. The van der Waals surface area contributed by atoms with Gasteiger partial charge in [-0.1, -0.05) is 30.3 Å². The normalized spacial score (nSPS) is 16.1. The van der Waals surface area contributed by atoms with Crippen molar-refractivity contribution in [2.45, 2.75) is 12.5 Å². The number of pyridine rings is 1. The Morgan fingerprint density at radius 2 is 2.04 bits per heavy atom. The summed E-state index contributed by atoms with van der Waals surface area (Å²) in [6.07, 6.45) is 1.98. The molecule has 0 spiro atoms. The molecule has 2 amide bonds. The van der Waals surface area contributed by atoms with Gasteiger partial charge in [-0.25, -0.2) is 4.98 Å². The van der Waals surface area contributed by atoms with Crippen LogP contribution in [0.5, 0.6) is 5.75 Å². The van der Waals surface area contributed by atoms with Crippen LogP contribution in [0.3, 0.4) is 0 Å². The van der Waals surface area contributed by atoms with Crippen molar-refractivity contribution in [2.75, 3.05) is 18.6 Å². The molecule has 1 aromatic carbocycles. The van der Waals surface area contributed by atoms with Crippen molar-refractivity contribution >= 4 is 17.6 Å². The first-order chi connectivity index (χ1) is 13.6. The van der Waals surface area contributed by atoms with Gasteiger partial charge in [0.25, 0.3) is 5.91 Å². The van der Waals surface area contributed by atoms with Crippen molar-refractivity contribution in [3.63, 3.8) is 0 Å². The maximum absolute atomic E-state index is 12.6. The van der Waals surface area contributed by atoms with Gasteiger partial charge in [0, 0.05) is 13.2 Å². The van der Waals surface area contributed by atoms with Gasteiger partial charge in [-0.05, 0) is 17.7 Å². The van der Waals surface area contributed by atoms with Gasteiger partial charge in [-0.3, -0.25) is 14.5 Å². The number of ether oxygens (including phenoxy) is 1. The van der Waals surface area contributed by atoms with Crippen molar-refractivity contribution in [3.8, 4) is 5.75 Å². The minimum Gasteiger partial charge on any atom is -0.487 e. The van der Waals surface area contributed by atoms with E-state index in [4.69, 9.17) is 9.15 Å². The van der Waals surface area contributed by atoms with E-state index in [9.17, 15) is 9.59 Å². The lowest BCUT2D eigenvalue weighted by atomic mass is 10.2. The van der Waals surface area contributed by atoms with Gasteiger partial charge in [0.2, 0.25) is 5.89 Å². The minimum atomic E-state index is -0.906. The topological polar surface area (TPSA) is 110 Å². The molecule has 1 N–H and O–H groups in total. The zero-order valence-electron chi connectivity index (χ0n) is 15.0. The molecule has 28 heavy (non-hydrogen) atoms. The SMILES string of the molecule is CN1C(=O)[C@@H](NC(=O)c2nnc(Cc3ccccc3)o2)COc2cccnc21. The van der Waals surface area contributed by atoms with Crippen molar-refractivity contribution in [1.82, 2.24) is 20.5 Å². The number of amides is 2. The van der Waals surface area contributed by atoms with Crippen molar-refractivity contribution in [2.24, 2.45) is 0 Å². The summed E-state index contributed by atoms with van der Waals surface area (Å²) < 4.78 is 11.1. The lowest BCUT2D eigenvalue weighted by Gasteiger charge is -2.18. The first-order valence-corrected chi connectivity index (χ1v) is 8.64. The summed E-state index contributed by atoms with van der Waals surface area (Å²) in [6, 6.07) is 12.1. The number of hydrogen-bond donors (Lipinski definition) is 1. The molecular formula is C19H17N5O4. The van der Waals surface area contributed by atoms with E-state index < -0.39 is 11.9 Å². The van der Waals surface area contributed by atoms with Crippen LogP contribution in [0, 0.1) is 0 Å². The summed E-state index contributed by atoms with van der Waals surface area (Å²) in [5, 5.41) is 10.3. The van der Waals surface area contributed by atoms with Gasteiger partial charge in [0.05, 0.1) is 6.42 Å². The number of fused-ring (bicyclic) bond motifs is 1. The van der Waals surface area contributed by atoms with Gasteiger partial charge in [-0.15, -0.1) is 10.2 Å². The third-order valence-corrected chi connectivity index (χ3v) is 4.27. The lowest BCUT2D eigenvalue weighted by Crippen LogP contribution is -2.49. The summed E-state index contributed by atoms with van der Waals surface area (Å²) in [4.78, 5) is 30.6. The molecule has 0 saturated carbocycles. The second-order valence-corrected chi connectivity index (χ2v) is 6.22. The van der Waals surface area contributed by atoms with Crippen LogP contribution in [-0.2, 0) is 11.2 Å². The van der Waals surface area contributed by atoms with E-state index >= 15 is 0 Å². The molecular weight excluding hydrogens is 362 g/mol. The fourth-order valence-electron chi connectivity index (χ4n) is 2.84. The maximum atomic E-state index is 12.6. The minimum absolute atomic E-state index is 0.0292. The third-order valence-electron chi connectivity index (χ3n) is 4.27. The standard InChI is InChI=1S/C19H17N5O4/c1-24-16-14(8-5-9-20-16)27-11-13(19(24)26)21-17(25)18-23-22-15(28-18)10-12-6-3-2-4-7-12/h2-9,13H,10-11H2,1H3,(H,21,25)/t13-/m0/s1. The molecule has 3 heterocycles. The van der Waals surface area contributed by atoms with Crippen LogP contribution in [0.4, 0.5) is 5.82 Å². The number of carbonyl (C=O) groups excluding carboxylic acids is 2. The fraction of sp³-hybridized carbons (Fsp3) is 0.211. The van der Waals surface area contributed by atoms with Gasteiger partial charge in [0.1, 0.15) is 12.6 Å². The van der Waals surface area contributed by atoms with E-state index in [-0.39, 0.29) is 18.4 Å². The van der Waals surface area contributed by atoms with Crippen LogP contribution in [0.2, 0.25) is 0 Å². The number of likely N-dealkylation sites (N-methyl/N-ethyl adjacent to an activating group) is 1. The number of carbonyl (C=O) groups is 2. The summed E-state index contributed by atoms with van der Waals surface area (Å²) in [5.41, 5.74) is 0.984. The van der Waals surface area contributed by atoms with Crippen molar-refractivity contribution in [1.29, 1.82) is 0 Å². The Labute approximate surface area is 160 Å². The quantitative estimate of drug-likeness (QED) is 0.725. The van der Waals surface area contributed by atoms with E-state index in [0.717, 1.165) is 5.56 Å². The van der Waals surface area contributed by atoms with Gasteiger partial charge >= 0.3 is 11.8 Å². The smallest absolute Gasteiger partial charge is 0.309 e. The summed E-state index contributed by atoms with van der Waals surface area (Å²) in [7, 11) is 1.58. The Hall–Kier alpha value is -3.75. The van der Waals surface area contributed by atoms with Gasteiger partial charge < -0.3 is 14.5 Å². The van der Waals surface area contributed by atoms with Crippen LogP contribution in [-0.4, -0.2) is 46.7 Å². The molecule has 0 bridgehead atoms. The summed E-state index contributed by atoms with van der Waals surface area (Å²) in [6.45, 7) is -0.0292. The number of hydrogen-bond acceptors (Lipinski definition) is 7. The number of anilines is 1. The average molecular weight is 379 g/mol. The van der Waals surface area contributed by atoms with Crippen molar-refractivity contribution in [3.05, 3.63) is 66.0 Å². The predicted octanol–water partition coefficient (Wildman–Crippen LogP) is 1.21. The molecule has 2 aromatic heterocycles. The molecule has 0 aliphatic carbocycles. The molecule has 9 heteroatoms. The van der Waals surface area contributed by atoms with Crippen LogP contribution < -0.4 is 15.0 Å². The van der Waals surface area contributed by atoms with Crippen LogP contribution in [0.15, 0.2) is 53.1 Å². The predicted molar refractivity (Wildman–Crippen MR) is 97.9 cm³/mol. The molecule has 0 unspecified atom stereocenters. The lowest BCUT2D eigenvalue weighted by molar-refractivity contribution is -0.120. The molecule has 1 aliphatic rings. The van der Waals surface area contributed by atoms with Crippen molar-refractivity contribution < 1.29 is 18.7 Å². The first kappa shape index (κ1) is 17.7. The highest BCUT2D eigenvalue weighted by atomic mass is 16.5. The molecule has 0 radical (unpaired) electrons. The Kier molecular flexibility index (Phi) is 4.71. The average Bonchev–Trinajstić information content (AvgIpc) is 3.15. The fourth-order valence-corrected chi connectivity index (χ4v) is 2.84. The van der Waals surface area contributed by atoms with Crippen LogP contribution in [0.25, 0.3) is 0 Å². The second kappa shape index (κ2) is 7.47. The van der Waals surface area contributed by atoms with E-state index in [1.165, 1.54) is 4.90 Å². The number of benzene rings is 1. The molecule has 4 rings (SSSR count). The van der Waals surface area contributed by atoms with Crippen LogP contribution in [0.1, 0.15) is 22.1 Å². The molecule has 1 aliphatic heterocycles. The van der Waals surface area contributed by atoms with E-state index in [1.54, 1.807) is 25.4 Å². The largest absolute Gasteiger partial charge is 0.487 e. The molecule has 0 fully saturated rings. The van der Waals surface area contributed by atoms with E-state index in [2.05, 4.69) is 20.5 Å². The molecule has 1 atom stereocenters. The Morgan fingerprint density at radius 3 is 2.86 bits per heavy atom. The van der Waals surface area contributed by atoms with Crippen LogP contribution >= 0.6 is 0 Å². The molecule has 142 valence electrons. The number of aromatic nitrogens is 3. The number of rotatable bonds is 4. The Bertz CT molecular complexity index is 1000.